The van der Waals surface area contributed by atoms with E-state index in [1.807, 2.05) is 19.2 Å². The van der Waals surface area contributed by atoms with Crippen molar-refractivity contribution in [1.82, 2.24) is 10.3 Å². The Labute approximate surface area is 121 Å². The summed E-state index contributed by atoms with van der Waals surface area (Å²) in [4.78, 5) is 16.8. The quantitative estimate of drug-likeness (QED) is 0.838. The zero-order valence-corrected chi connectivity index (χ0v) is 12.9. The van der Waals surface area contributed by atoms with Gasteiger partial charge in [-0.1, -0.05) is 27.2 Å². The maximum atomic E-state index is 12.3. The highest BCUT2D eigenvalue weighted by Crippen LogP contribution is 2.34. The molecule has 1 aliphatic carbocycles. The Morgan fingerprint density at radius 1 is 1.45 bits per heavy atom. The molecule has 0 saturated heterocycles. The van der Waals surface area contributed by atoms with Gasteiger partial charge in [-0.05, 0) is 36.8 Å². The third-order valence-electron chi connectivity index (χ3n) is 3.85. The van der Waals surface area contributed by atoms with Crippen LogP contribution in [0.15, 0.2) is 12.1 Å². The molecule has 1 saturated carbocycles. The first-order valence-electron chi connectivity index (χ1n) is 7.55. The van der Waals surface area contributed by atoms with Gasteiger partial charge in [0.05, 0.1) is 0 Å². The molecule has 2 atom stereocenters. The lowest BCUT2D eigenvalue weighted by Crippen LogP contribution is -2.27. The number of amides is 1. The molecule has 1 aliphatic rings. The predicted octanol–water partition coefficient (Wildman–Crippen LogP) is 3.17. The number of anilines is 1. The second-order valence-corrected chi connectivity index (χ2v) is 5.94. The Hall–Kier alpha value is -1.58. The molecule has 4 nitrogen and oxygen atoms in total. The monoisotopic (exact) mass is 275 g/mol. The first-order chi connectivity index (χ1) is 9.55. The van der Waals surface area contributed by atoms with Gasteiger partial charge < -0.3 is 10.6 Å². The van der Waals surface area contributed by atoms with Crippen LogP contribution in [0.2, 0.25) is 0 Å². The van der Waals surface area contributed by atoms with Crippen LogP contribution in [0.25, 0.3) is 0 Å². The third-order valence-corrected chi connectivity index (χ3v) is 3.85. The molecule has 110 valence electrons. The van der Waals surface area contributed by atoms with Crippen LogP contribution in [0.1, 0.15) is 62.0 Å². The zero-order chi connectivity index (χ0) is 14.7. The summed E-state index contributed by atoms with van der Waals surface area (Å²) in [5, 5.41) is 6.15. The van der Waals surface area contributed by atoms with Crippen LogP contribution in [0.5, 0.6) is 0 Å². The first kappa shape index (κ1) is 14.8. The summed E-state index contributed by atoms with van der Waals surface area (Å²) >= 11 is 0. The predicted molar refractivity (Wildman–Crippen MR) is 82.1 cm³/mol. The van der Waals surface area contributed by atoms with Crippen molar-refractivity contribution < 1.29 is 4.79 Å². The molecule has 0 radical (unpaired) electrons. The normalized spacial score (nSPS) is 20.9. The Balaban J connectivity index is 2.07. The van der Waals surface area contributed by atoms with Gasteiger partial charge in [-0.2, -0.15) is 0 Å². The second kappa shape index (κ2) is 6.25. The standard InChI is InChI=1S/C16H25N3O/c1-5-6-11-7-14(11)19-16(20)12-8-13(10(2)3)18-15(9-12)17-4/h8-11,14H,5-7H2,1-4H3,(H,17,18)(H,19,20). The molecule has 1 aromatic rings. The van der Waals surface area contributed by atoms with Crippen LogP contribution in [0.4, 0.5) is 5.82 Å². The van der Waals surface area contributed by atoms with E-state index < -0.39 is 0 Å². The second-order valence-electron chi connectivity index (χ2n) is 5.94. The number of carbonyl (C=O) groups is 1. The van der Waals surface area contributed by atoms with E-state index in [1.165, 1.54) is 12.8 Å². The van der Waals surface area contributed by atoms with Gasteiger partial charge in [0.1, 0.15) is 5.82 Å². The van der Waals surface area contributed by atoms with Crippen molar-refractivity contribution in [3.8, 4) is 0 Å². The zero-order valence-electron chi connectivity index (χ0n) is 12.9. The molecule has 0 spiro atoms. The number of hydrogen-bond acceptors (Lipinski definition) is 3. The van der Waals surface area contributed by atoms with Gasteiger partial charge in [-0.15, -0.1) is 0 Å². The van der Waals surface area contributed by atoms with Gasteiger partial charge >= 0.3 is 0 Å². The van der Waals surface area contributed by atoms with Gasteiger partial charge in [-0.25, -0.2) is 4.98 Å². The number of nitrogens with zero attached hydrogens (tertiary/aromatic N) is 1. The molecule has 2 unspecified atom stereocenters. The smallest absolute Gasteiger partial charge is 0.251 e. The van der Waals surface area contributed by atoms with Crippen LogP contribution in [0.3, 0.4) is 0 Å². The molecule has 2 N–H and O–H groups in total. The Bertz CT molecular complexity index is 485. The molecule has 20 heavy (non-hydrogen) atoms. The summed E-state index contributed by atoms with van der Waals surface area (Å²) in [6.45, 7) is 6.36. The fraction of sp³-hybridized carbons (Fsp3) is 0.625. The molecule has 1 amide bonds. The minimum absolute atomic E-state index is 0.0226. The van der Waals surface area contributed by atoms with Crippen LogP contribution >= 0.6 is 0 Å². The minimum atomic E-state index is 0.0226. The van der Waals surface area contributed by atoms with Gasteiger partial charge in [0, 0.05) is 24.3 Å². The van der Waals surface area contributed by atoms with Gasteiger partial charge in [-0.3, -0.25) is 4.79 Å². The SMILES string of the molecule is CCCC1CC1NC(=O)c1cc(NC)nc(C(C)C)c1. The number of pyridine rings is 1. The minimum Gasteiger partial charge on any atom is -0.373 e. The fourth-order valence-electron chi connectivity index (χ4n) is 2.47. The summed E-state index contributed by atoms with van der Waals surface area (Å²) in [5.41, 5.74) is 1.65. The van der Waals surface area contributed by atoms with Crippen LogP contribution in [-0.2, 0) is 0 Å². The largest absolute Gasteiger partial charge is 0.373 e. The molecule has 1 fully saturated rings. The van der Waals surface area contributed by atoms with E-state index in [9.17, 15) is 4.79 Å². The maximum absolute atomic E-state index is 12.3. The summed E-state index contributed by atoms with van der Waals surface area (Å²) < 4.78 is 0. The lowest BCUT2D eigenvalue weighted by Gasteiger charge is -2.11. The van der Waals surface area contributed by atoms with E-state index in [0.717, 1.165) is 17.9 Å². The molecule has 1 aromatic heterocycles. The van der Waals surface area contributed by atoms with Crippen molar-refractivity contribution in [2.24, 2.45) is 5.92 Å². The average molecular weight is 275 g/mol. The highest BCUT2D eigenvalue weighted by atomic mass is 16.1. The summed E-state index contributed by atoms with van der Waals surface area (Å²) in [6, 6.07) is 4.09. The molecule has 0 bridgehead atoms. The molecular weight excluding hydrogens is 250 g/mol. The summed E-state index contributed by atoms with van der Waals surface area (Å²) in [6.07, 6.45) is 3.52. The Morgan fingerprint density at radius 3 is 2.80 bits per heavy atom. The Morgan fingerprint density at radius 2 is 2.20 bits per heavy atom. The van der Waals surface area contributed by atoms with Crippen LogP contribution in [0, 0.1) is 5.92 Å². The van der Waals surface area contributed by atoms with Gasteiger partial charge in [0.2, 0.25) is 0 Å². The highest BCUT2D eigenvalue weighted by molar-refractivity contribution is 5.95. The lowest BCUT2D eigenvalue weighted by molar-refractivity contribution is 0.0948. The molecule has 2 rings (SSSR count). The number of hydrogen-bond donors (Lipinski definition) is 2. The molecular formula is C16H25N3O. The van der Waals surface area contributed by atoms with E-state index >= 15 is 0 Å². The molecule has 4 heteroatoms. The van der Waals surface area contributed by atoms with Crippen LogP contribution in [-0.4, -0.2) is 24.0 Å². The number of nitrogens with one attached hydrogen (secondary N) is 2. The van der Waals surface area contributed by atoms with E-state index in [-0.39, 0.29) is 5.91 Å². The van der Waals surface area contributed by atoms with E-state index in [4.69, 9.17) is 0 Å². The van der Waals surface area contributed by atoms with Gasteiger partial charge in [0.15, 0.2) is 0 Å². The van der Waals surface area contributed by atoms with Crippen molar-refractivity contribution in [3.05, 3.63) is 23.4 Å². The molecule has 0 aromatic carbocycles. The number of carbonyl (C=O) groups excluding carboxylic acids is 1. The van der Waals surface area contributed by atoms with Crippen LogP contribution < -0.4 is 10.6 Å². The average Bonchev–Trinajstić information content (AvgIpc) is 3.16. The van der Waals surface area contributed by atoms with E-state index in [2.05, 4.69) is 36.4 Å². The van der Waals surface area contributed by atoms with Crippen molar-refractivity contribution >= 4 is 11.7 Å². The van der Waals surface area contributed by atoms with Crippen molar-refractivity contribution in [2.75, 3.05) is 12.4 Å². The van der Waals surface area contributed by atoms with E-state index in [0.29, 0.717) is 23.4 Å². The Kier molecular flexibility index (Phi) is 4.63. The topological polar surface area (TPSA) is 54.0 Å². The number of aromatic nitrogens is 1. The van der Waals surface area contributed by atoms with Gasteiger partial charge in [0.25, 0.3) is 5.91 Å². The maximum Gasteiger partial charge on any atom is 0.251 e. The van der Waals surface area contributed by atoms with Crippen molar-refractivity contribution in [2.45, 2.75) is 52.0 Å². The lowest BCUT2D eigenvalue weighted by atomic mass is 10.1. The first-order valence-corrected chi connectivity index (χ1v) is 7.55. The fourth-order valence-corrected chi connectivity index (χ4v) is 2.47. The number of rotatable bonds is 6. The molecule has 0 aliphatic heterocycles. The summed E-state index contributed by atoms with van der Waals surface area (Å²) in [7, 11) is 1.83. The van der Waals surface area contributed by atoms with Crippen molar-refractivity contribution in [3.63, 3.8) is 0 Å². The summed E-state index contributed by atoms with van der Waals surface area (Å²) in [5.74, 6) is 1.76. The van der Waals surface area contributed by atoms with Crippen molar-refractivity contribution in [1.29, 1.82) is 0 Å². The highest BCUT2D eigenvalue weighted by Gasteiger charge is 2.37. The molecule has 1 heterocycles. The third kappa shape index (κ3) is 3.50. The van der Waals surface area contributed by atoms with E-state index in [1.54, 1.807) is 0 Å².